The highest BCUT2D eigenvalue weighted by Gasteiger charge is 1.89. The first-order chi connectivity index (χ1) is 5.83. The quantitative estimate of drug-likeness (QED) is 0.510. The Kier molecular flexibility index (Phi) is 3.88. The van der Waals surface area contributed by atoms with Gasteiger partial charge in [-0.05, 0) is 25.5 Å². The molecule has 0 aliphatic carbocycles. The van der Waals surface area contributed by atoms with Gasteiger partial charge in [0.15, 0.2) is 0 Å². The zero-order valence-corrected chi connectivity index (χ0v) is 8.27. The number of nitrogens with zero attached hydrogens (tertiary/aromatic N) is 1. The normalized spacial score (nSPS) is 11.7. The Labute approximate surface area is 78.0 Å². The molecular formula is C10H13NS. The van der Waals surface area contributed by atoms with Crippen molar-refractivity contribution in [2.24, 2.45) is 4.40 Å². The van der Waals surface area contributed by atoms with Crippen LogP contribution in [0.3, 0.4) is 0 Å². The lowest BCUT2D eigenvalue weighted by molar-refractivity contribution is 1.27. The Morgan fingerprint density at radius 3 is 2.58 bits per heavy atom. The molecule has 2 heteroatoms. The van der Waals surface area contributed by atoms with Gasteiger partial charge in [-0.3, -0.25) is 0 Å². The third-order valence-electron chi connectivity index (χ3n) is 1.56. The molecule has 0 radical (unpaired) electrons. The van der Waals surface area contributed by atoms with Gasteiger partial charge in [-0.15, -0.1) is 0 Å². The number of hydrogen-bond acceptors (Lipinski definition) is 2. The minimum absolute atomic E-state index is 1.03. The Balaban J connectivity index is 2.54. The average Bonchev–Trinajstić information content (AvgIpc) is 2.16. The second kappa shape index (κ2) is 4.99. The van der Waals surface area contributed by atoms with Gasteiger partial charge in [0.1, 0.15) is 0 Å². The van der Waals surface area contributed by atoms with Crippen molar-refractivity contribution in [1.29, 1.82) is 0 Å². The van der Waals surface area contributed by atoms with E-state index >= 15 is 0 Å². The number of hydrogen-bond donors (Lipinski definition) is 0. The van der Waals surface area contributed by atoms with Gasteiger partial charge in [-0.25, -0.2) is 4.40 Å². The van der Waals surface area contributed by atoms with Crippen molar-refractivity contribution in [2.75, 3.05) is 0 Å². The highest BCUT2D eigenvalue weighted by atomic mass is 32.2. The standard InChI is InChI=1S/C10H13NS/c1-3-9(2)11-12-10-7-5-4-6-8-10/h4-8H,3H2,1-2H3/b11-9-. The Morgan fingerprint density at radius 2 is 2.00 bits per heavy atom. The van der Waals surface area contributed by atoms with Gasteiger partial charge < -0.3 is 0 Å². The summed E-state index contributed by atoms with van der Waals surface area (Å²) in [7, 11) is 0. The van der Waals surface area contributed by atoms with Crippen LogP contribution in [0.15, 0.2) is 39.6 Å². The lowest BCUT2D eigenvalue weighted by atomic mass is 10.3. The molecule has 64 valence electrons. The molecule has 0 atom stereocenters. The summed E-state index contributed by atoms with van der Waals surface area (Å²) in [6.45, 7) is 4.17. The summed E-state index contributed by atoms with van der Waals surface area (Å²) in [5.74, 6) is 0. The molecule has 0 heterocycles. The van der Waals surface area contributed by atoms with Crippen molar-refractivity contribution in [3.05, 3.63) is 30.3 Å². The molecule has 0 unspecified atom stereocenters. The summed E-state index contributed by atoms with van der Waals surface area (Å²) in [5.41, 5.74) is 1.18. The van der Waals surface area contributed by atoms with Crippen LogP contribution < -0.4 is 0 Å². The minimum atomic E-state index is 1.03. The molecule has 0 amide bonds. The third kappa shape index (κ3) is 3.09. The zero-order chi connectivity index (χ0) is 8.81. The summed E-state index contributed by atoms with van der Waals surface area (Å²) < 4.78 is 4.35. The van der Waals surface area contributed by atoms with Crippen LogP contribution in [0.5, 0.6) is 0 Å². The smallest absolute Gasteiger partial charge is 0.0305 e. The van der Waals surface area contributed by atoms with Crippen LogP contribution in [0.2, 0.25) is 0 Å². The fourth-order valence-corrected chi connectivity index (χ4v) is 1.35. The van der Waals surface area contributed by atoms with Crippen LogP contribution >= 0.6 is 11.9 Å². The van der Waals surface area contributed by atoms with Gasteiger partial charge in [0.05, 0.1) is 0 Å². The summed E-state index contributed by atoms with van der Waals surface area (Å²) in [6, 6.07) is 10.2. The van der Waals surface area contributed by atoms with Gasteiger partial charge in [0.25, 0.3) is 0 Å². The van der Waals surface area contributed by atoms with E-state index < -0.39 is 0 Å². The summed E-state index contributed by atoms with van der Waals surface area (Å²) in [6.07, 6.45) is 1.03. The fourth-order valence-electron chi connectivity index (χ4n) is 0.677. The van der Waals surface area contributed by atoms with Crippen LogP contribution in [-0.2, 0) is 0 Å². The SMILES string of the molecule is CC/C(C)=N\Sc1ccccc1. The molecule has 1 aromatic carbocycles. The molecule has 0 fully saturated rings. The van der Waals surface area contributed by atoms with Crippen LogP contribution in [0.4, 0.5) is 0 Å². The van der Waals surface area contributed by atoms with Gasteiger partial charge in [-0.2, -0.15) is 0 Å². The molecule has 0 aliphatic rings. The Morgan fingerprint density at radius 1 is 1.33 bits per heavy atom. The topological polar surface area (TPSA) is 12.4 Å². The predicted molar refractivity (Wildman–Crippen MR) is 55.7 cm³/mol. The van der Waals surface area contributed by atoms with E-state index in [0.717, 1.165) is 6.42 Å². The Bertz CT molecular complexity index is 254. The van der Waals surface area contributed by atoms with E-state index in [2.05, 4.69) is 30.4 Å². The van der Waals surface area contributed by atoms with E-state index in [9.17, 15) is 0 Å². The van der Waals surface area contributed by atoms with Crippen molar-refractivity contribution in [3.63, 3.8) is 0 Å². The van der Waals surface area contributed by atoms with Crippen LogP contribution in [0, 0.1) is 0 Å². The molecular weight excluding hydrogens is 166 g/mol. The molecule has 1 aromatic rings. The van der Waals surface area contributed by atoms with Crippen molar-refractivity contribution >= 4 is 17.7 Å². The molecule has 0 saturated heterocycles. The largest absolute Gasteiger partial charge is 0.221 e. The third-order valence-corrected chi connectivity index (χ3v) is 2.45. The van der Waals surface area contributed by atoms with E-state index in [0.29, 0.717) is 0 Å². The van der Waals surface area contributed by atoms with Gasteiger partial charge in [-0.1, -0.05) is 25.1 Å². The molecule has 1 nitrogen and oxygen atoms in total. The van der Waals surface area contributed by atoms with Crippen LogP contribution in [-0.4, -0.2) is 5.71 Å². The first-order valence-corrected chi connectivity index (χ1v) is 4.86. The van der Waals surface area contributed by atoms with Gasteiger partial charge in [0.2, 0.25) is 0 Å². The van der Waals surface area contributed by atoms with Crippen molar-refractivity contribution in [2.45, 2.75) is 25.2 Å². The zero-order valence-electron chi connectivity index (χ0n) is 7.45. The first-order valence-electron chi connectivity index (χ1n) is 4.08. The van der Waals surface area contributed by atoms with E-state index in [-0.39, 0.29) is 0 Å². The second-order valence-electron chi connectivity index (χ2n) is 2.58. The highest BCUT2D eigenvalue weighted by molar-refractivity contribution is 7.98. The first kappa shape index (κ1) is 9.33. The lowest BCUT2D eigenvalue weighted by Crippen LogP contribution is -1.83. The molecule has 0 bridgehead atoms. The maximum atomic E-state index is 4.35. The van der Waals surface area contributed by atoms with E-state index in [1.54, 1.807) is 11.9 Å². The van der Waals surface area contributed by atoms with E-state index in [4.69, 9.17) is 0 Å². The predicted octanol–water partition coefficient (Wildman–Crippen LogP) is 3.56. The second-order valence-corrected chi connectivity index (χ2v) is 3.42. The monoisotopic (exact) mass is 179 g/mol. The Hall–Kier alpha value is -0.760. The molecule has 0 spiro atoms. The van der Waals surface area contributed by atoms with Crippen molar-refractivity contribution in [1.82, 2.24) is 0 Å². The molecule has 0 N–H and O–H groups in total. The number of rotatable bonds is 3. The maximum absolute atomic E-state index is 4.35. The van der Waals surface area contributed by atoms with Crippen molar-refractivity contribution in [3.8, 4) is 0 Å². The summed E-state index contributed by atoms with van der Waals surface area (Å²) in [5, 5.41) is 0. The molecule has 1 rings (SSSR count). The van der Waals surface area contributed by atoms with Crippen molar-refractivity contribution < 1.29 is 0 Å². The highest BCUT2D eigenvalue weighted by Crippen LogP contribution is 2.18. The minimum Gasteiger partial charge on any atom is -0.221 e. The van der Waals surface area contributed by atoms with E-state index in [1.807, 2.05) is 18.2 Å². The van der Waals surface area contributed by atoms with E-state index in [1.165, 1.54) is 10.6 Å². The van der Waals surface area contributed by atoms with Crippen LogP contribution in [0.1, 0.15) is 20.3 Å². The maximum Gasteiger partial charge on any atom is 0.0305 e. The van der Waals surface area contributed by atoms with Crippen LogP contribution in [0.25, 0.3) is 0 Å². The fraction of sp³-hybridized carbons (Fsp3) is 0.300. The number of benzene rings is 1. The summed E-state index contributed by atoms with van der Waals surface area (Å²) in [4.78, 5) is 1.20. The molecule has 12 heavy (non-hydrogen) atoms. The van der Waals surface area contributed by atoms with Gasteiger partial charge >= 0.3 is 0 Å². The summed E-state index contributed by atoms with van der Waals surface area (Å²) >= 11 is 1.54. The lowest BCUT2D eigenvalue weighted by Gasteiger charge is -1.95. The molecule has 0 aromatic heterocycles. The molecule has 0 saturated carbocycles. The van der Waals surface area contributed by atoms with Gasteiger partial charge in [0, 0.05) is 22.6 Å². The molecule has 0 aliphatic heterocycles. The average molecular weight is 179 g/mol.